The number of hydrogen-bond donors (Lipinski definition) is 2. The molecule has 0 saturated carbocycles. The molecule has 5 heteroatoms. The molecule has 0 radical (unpaired) electrons. The number of anilines is 1. The van der Waals surface area contributed by atoms with E-state index in [1.807, 2.05) is 36.6 Å². The van der Waals surface area contributed by atoms with Gasteiger partial charge in [-0.2, -0.15) is 0 Å². The molecular formula is C16H16ClNO2S. The van der Waals surface area contributed by atoms with E-state index in [9.17, 15) is 4.79 Å². The van der Waals surface area contributed by atoms with E-state index in [0.717, 1.165) is 10.5 Å². The molecule has 2 aromatic rings. The topological polar surface area (TPSA) is 49.3 Å². The molecule has 0 unspecified atom stereocenters. The van der Waals surface area contributed by atoms with Crippen LogP contribution in [0, 0.1) is 0 Å². The van der Waals surface area contributed by atoms with Gasteiger partial charge in [-0.1, -0.05) is 23.7 Å². The summed E-state index contributed by atoms with van der Waals surface area (Å²) in [5.41, 5.74) is 2.19. The second-order valence-corrected chi connectivity index (χ2v) is 5.76. The molecule has 110 valence electrons. The van der Waals surface area contributed by atoms with Gasteiger partial charge in [-0.25, -0.2) is 0 Å². The molecule has 3 nitrogen and oxygen atoms in total. The lowest BCUT2D eigenvalue weighted by molar-refractivity contribution is 0.102. The second-order valence-electron chi connectivity index (χ2n) is 4.47. The SMILES string of the molecule is CSc1ccc(Cl)c(C(=O)Nc2ccc(CCO)cc2)c1. The van der Waals surface area contributed by atoms with E-state index < -0.39 is 0 Å². The fourth-order valence-electron chi connectivity index (χ4n) is 1.89. The number of rotatable bonds is 5. The van der Waals surface area contributed by atoms with Crippen LogP contribution in [0.4, 0.5) is 5.69 Å². The van der Waals surface area contributed by atoms with Crippen LogP contribution in [0.15, 0.2) is 47.4 Å². The van der Waals surface area contributed by atoms with E-state index in [2.05, 4.69) is 5.32 Å². The summed E-state index contributed by atoms with van der Waals surface area (Å²) in [7, 11) is 0. The molecule has 0 fully saturated rings. The lowest BCUT2D eigenvalue weighted by atomic mass is 10.1. The summed E-state index contributed by atoms with van der Waals surface area (Å²) in [4.78, 5) is 13.3. The number of aliphatic hydroxyl groups excluding tert-OH is 1. The highest BCUT2D eigenvalue weighted by Crippen LogP contribution is 2.24. The lowest BCUT2D eigenvalue weighted by Crippen LogP contribution is -2.12. The molecule has 0 aliphatic carbocycles. The van der Waals surface area contributed by atoms with Crippen molar-refractivity contribution in [3.63, 3.8) is 0 Å². The molecule has 21 heavy (non-hydrogen) atoms. The number of amides is 1. The molecule has 0 aliphatic rings. The van der Waals surface area contributed by atoms with Crippen LogP contribution in [0.1, 0.15) is 15.9 Å². The Kier molecular flexibility index (Phi) is 5.67. The van der Waals surface area contributed by atoms with Crippen molar-refractivity contribution in [2.45, 2.75) is 11.3 Å². The summed E-state index contributed by atoms with van der Waals surface area (Å²) in [6.45, 7) is 0.114. The molecule has 0 atom stereocenters. The average molecular weight is 322 g/mol. The van der Waals surface area contributed by atoms with E-state index in [4.69, 9.17) is 16.7 Å². The van der Waals surface area contributed by atoms with Gasteiger partial charge < -0.3 is 10.4 Å². The maximum atomic E-state index is 12.3. The van der Waals surface area contributed by atoms with Crippen molar-refractivity contribution >= 4 is 35.0 Å². The number of hydrogen-bond acceptors (Lipinski definition) is 3. The third kappa shape index (κ3) is 4.24. The number of halogens is 1. The fourth-order valence-corrected chi connectivity index (χ4v) is 2.53. The molecule has 0 heterocycles. The number of thioether (sulfide) groups is 1. The van der Waals surface area contributed by atoms with Gasteiger partial charge in [0.1, 0.15) is 0 Å². The van der Waals surface area contributed by atoms with Crippen LogP contribution in [0.3, 0.4) is 0 Å². The van der Waals surface area contributed by atoms with Crippen molar-refractivity contribution in [3.05, 3.63) is 58.6 Å². The van der Waals surface area contributed by atoms with Crippen LogP contribution in [-0.4, -0.2) is 23.9 Å². The van der Waals surface area contributed by atoms with Crippen molar-refractivity contribution in [2.75, 3.05) is 18.2 Å². The average Bonchev–Trinajstić information content (AvgIpc) is 2.50. The predicted molar refractivity (Wildman–Crippen MR) is 88.4 cm³/mol. The smallest absolute Gasteiger partial charge is 0.257 e. The summed E-state index contributed by atoms with van der Waals surface area (Å²) in [5, 5.41) is 12.1. The summed E-state index contributed by atoms with van der Waals surface area (Å²) in [5.74, 6) is -0.231. The largest absolute Gasteiger partial charge is 0.396 e. The van der Waals surface area contributed by atoms with Gasteiger partial charge in [0.05, 0.1) is 10.6 Å². The Bertz CT molecular complexity index is 629. The van der Waals surface area contributed by atoms with Crippen LogP contribution in [-0.2, 0) is 6.42 Å². The molecule has 2 N–H and O–H groups in total. The normalized spacial score (nSPS) is 10.4. The minimum absolute atomic E-state index is 0.114. The molecular weight excluding hydrogens is 306 g/mol. The van der Waals surface area contributed by atoms with Gasteiger partial charge in [-0.3, -0.25) is 4.79 Å². The zero-order valence-electron chi connectivity index (χ0n) is 11.6. The highest BCUT2D eigenvalue weighted by atomic mass is 35.5. The second kappa shape index (κ2) is 7.50. The van der Waals surface area contributed by atoms with Crippen LogP contribution < -0.4 is 5.32 Å². The Labute approximate surface area is 133 Å². The zero-order chi connectivity index (χ0) is 15.2. The van der Waals surface area contributed by atoms with Crippen molar-refractivity contribution in [3.8, 4) is 0 Å². The van der Waals surface area contributed by atoms with Gasteiger partial charge in [0, 0.05) is 17.2 Å². The van der Waals surface area contributed by atoms with Crippen LogP contribution in [0.2, 0.25) is 5.02 Å². The minimum atomic E-state index is -0.231. The number of carbonyl (C=O) groups is 1. The summed E-state index contributed by atoms with van der Waals surface area (Å²) >= 11 is 7.64. The van der Waals surface area contributed by atoms with E-state index in [1.54, 1.807) is 23.9 Å². The molecule has 0 bridgehead atoms. The van der Waals surface area contributed by atoms with Crippen molar-refractivity contribution in [1.29, 1.82) is 0 Å². The van der Waals surface area contributed by atoms with Crippen LogP contribution in [0.25, 0.3) is 0 Å². The first-order valence-electron chi connectivity index (χ1n) is 6.48. The van der Waals surface area contributed by atoms with Crippen molar-refractivity contribution in [1.82, 2.24) is 0 Å². The van der Waals surface area contributed by atoms with Gasteiger partial charge in [0.2, 0.25) is 0 Å². The number of benzene rings is 2. The van der Waals surface area contributed by atoms with Crippen molar-refractivity contribution in [2.24, 2.45) is 0 Å². The third-order valence-electron chi connectivity index (χ3n) is 3.03. The molecule has 0 aliphatic heterocycles. The van der Waals surface area contributed by atoms with E-state index in [0.29, 0.717) is 22.7 Å². The first-order chi connectivity index (χ1) is 10.1. The minimum Gasteiger partial charge on any atom is -0.396 e. The Morgan fingerprint density at radius 3 is 2.57 bits per heavy atom. The first kappa shape index (κ1) is 15.9. The van der Waals surface area contributed by atoms with Gasteiger partial charge in [-0.05, 0) is 48.6 Å². The number of carbonyl (C=O) groups excluding carboxylic acids is 1. The third-order valence-corrected chi connectivity index (χ3v) is 4.09. The zero-order valence-corrected chi connectivity index (χ0v) is 13.2. The molecule has 2 rings (SSSR count). The summed E-state index contributed by atoms with van der Waals surface area (Å²) in [6.07, 6.45) is 2.56. The van der Waals surface area contributed by atoms with Gasteiger partial charge in [0.25, 0.3) is 5.91 Å². The maximum Gasteiger partial charge on any atom is 0.257 e. The van der Waals surface area contributed by atoms with Gasteiger partial charge in [0.15, 0.2) is 0 Å². The van der Waals surface area contributed by atoms with E-state index >= 15 is 0 Å². The summed E-state index contributed by atoms with van der Waals surface area (Å²) in [6, 6.07) is 12.8. The Hall–Kier alpha value is -1.49. The monoisotopic (exact) mass is 321 g/mol. The first-order valence-corrected chi connectivity index (χ1v) is 8.09. The van der Waals surface area contributed by atoms with Crippen LogP contribution >= 0.6 is 23.4 Å². The Morgan fingerprint density at radius 2 is 1.95 bits per heavy atom. The van der Waals surface area contributed by atoms with E-state index in [-0.39, 0.29) is 12.5 Å². The molecule has 2 aromatic carbocycles. The summed E-state index contributed by atoms with van der Waals surface area (Å²) < 4.78 is 0. The lowest BCUT2D eigenvalue weighted by Gasteiger charge is -2.09. The highest BCUT2D eigenvalue weighted by molar-refractivity contribution is 7.98. The van der Waals surface area contributed by atoms with Crippen LogP contribution in [0.5, 0.6) is 0 Å². The standard InChI is InChI=1S/C16H16ClNO2S/c1-21-13-6-7-15(17)14(10-13)16(20)18-12-4-2-11(3-5-12)8-9-19/h2-7,10,19H,8-9H2,1H3,(H,18,20). The van der Waals surface area contributed by atoms with Crippen molar-refractivity contribution < 1.29 is 9.90 Å². The number of aliphatic hydroxyl groups is 1. The molecule has 0 spiro atoms. The highest BCUT2D eigenvalue weighted by Gasteiger charge is 2.11. The van der Waals surface area contributed by atoms with E-state index in [1.165, 1.54) is 0 Å². The number of nitrogens with one attached hydrogen (secondary N) is 1. The van der Waals surface area contributed by atoms with Gasteiger partial charge in [-0.15, -0.1) is 11.8 Å². The van der Waals surface area contributed by atoms with Gasteiger partial charge >= 0.3 is 0 Å². The fraction of sp³-hybridized carbons (Fsp3) is 0.188. The molecule has 1 amide bonds. The quantitative estimate of drug-likeness (QED) is 0.822. The molecule has 0 saturated heterocycles. The Morgan fingerprint density at radius 1 is 1.24 bits per heavy atom. The maximum absolute atomic E-state index is 12.3. The Balaban J connectivity index is 2.14. The predicted octanol–water partition coefficient (Wildman–Crippen LogP) is 3.85. The molecule has 0 aromatic heterocycles.